The fourth-order valence-corrected chi connectivity index (χ4v) is 2.17. The molecule has 1 saturated carbocycles. The van der Waals surface area contributed by atoms with E-state index in [0.29, 0.717) is 0 Å². The lowest BCUT2D eigenvalue weighted by Crippen LogP contribution is -2.48. The lowest BCUT2D eigenvalue weighted by Gasteiger charge is -2.40. The Balaban J connectivity index is 1.65. The summed E-state index contributed by atoms with van der Waals surface area (Å²) >= 11 is 0. The normalized spacial score (nSPS) is 18.4. The zero-order valence-electron chi connectivity index (χ0n) is 10.2. The van der Waals surface area contributed by atoms with Gasteiger partial charge in [-0.2, -0.15) is 5.10 Å². The number of hydrogen-bond acceptors (Lipinski definition) is 3. The second kappa shape index (κ2) is 4.97. The van der Waals surface area contributed by atoms with Crippen LogP contribution in [0, 0.1) is 0 Å². The van der Waals surface area contributed by atoms with Gasteiger partial charge in [-0.05, 0) is 37.8 Å². The van der Waals surface area contributed by atoms with Crippen LogP contribution in [0.3, 0.4) is 0 Å². The van der Waals surface area contributed by atoms with Gasteiger partial charge in [0.05, 0.1) is 11.8 Å². The number of methoxy groups -OCH3 is 1. The summed E-state index contributed by atoms with van der Waals surface area (Å²) in [5.74, 6) is 0. The van der Waals surface area contributed by atoms with Gasteiger partial charge in [-0.1, -0.05) is 0 Å². The molecular formula is C12H21N3O. The Hall–Kier alpha value is -0.870. The summed E-state index contributed by atoms with van der Waals surface area (Å²) in [6, 6.07) is 0. The third-order valence-corrected chi connectivity index (χ3v) is 3.49. The topological polar surface area (TPSA) is 39.1 Å². The molecule has 0 aliphatic heterocycles. The maximum atomic E-state index is 5.55. The predicted octanol–water partition coefficient (Wildman–Crippen LogP) is 1.12. The van der Waals surface area contributed by atoms with Crippen LogP contribution in [0.1, 0.15) is 24.8 Å². The molecular weight excluding hydrogens is 202 g/mol. The standard InChI is InChI=1S/C12H21N3O/c1-15-9-11(8-14-15)4-7-13-10-12(16-2)5-3-6-12/h8-9,13H,3-7,10H2,1-2H3. The average molecular weight is 223 g/mol. The smallest absolute Gasteiger partial charge is 0.0802 e. The lowest BCUT2D eigenvalue weighted by molar-refractivity contribution is -0.0691. The largest absolute Gasteiger partial charge is 0.377 e. The van der Waals surface area contributed by atoms with E-state index in [-0.39, 0.29) is 5.60 Å². The van der Waals surface area contributed by atoms with Crippen LogP contribution < -0.4 is 5.32 Å². The SMILES string of the molecule is COC1(CNCCc2cnn(C)c2)CCC1. The quantitative estimate of drug-likeness (QED) is 0.735. The molecule has 1 aliphatic carbocycles. The summed E-state index contributed by atoms with van der Waals surface area (Å²) < 4.78 is 7.40. The van der Waals surface area contributed by atoms with E-state index in [9.17, 15) is 0 Å². The Morgan fingerprint density at radius 1 is 1.56 bits per heavy atom. The van der Waals surface area contributed by atoms with Crippen LogP contribution in [0.4, 0.5) is 0 Å². The Labute approximate surface area is 97.0 Å². The van der Waals surface area contributed by atoms with Gasteiger partial charge in [0.2, 0.25) is 0 Å². The highest BCUT2D eigenvalue weighted by Crippen LogP contribution is 2.34. The molecule has 16 heavy (non-hydrogen) atoms. The highest BCUT2D eigenvalue weighted by Gasteiger charge is 2.36. The molecule has 0 spiro atoms. The van der Waals surface area contributed by atoms with Gasteiger partial charge in [-0.15, -0.1) is 0 Å². The first-order valence-corrected chi connectivity index (χ1v) is 5.97. The second-order valence-electron chi connectivity index (χ2n) is 4.69. The summed E-state index contributed by atoms with van der Waals surface area (Å²) in [5, 5.41) is 7.63. The molecule has 1 aliphatic rings. The van der Waals surface area contributed by atoms with Gasteiger partial charge in [0, 0.05) is 26.9 Å². The molecule has 1 aromatic rings. The van der Waals surface area contributed by atoms with Crippen LogP contribution >= 0.6 is 0 Å². The Bertz CT molecular complexity index is 325. The van der Waals surface area contributed by atoms with E-state index in [1.54, 1.807) is 0 Å². The molecule has 0 atom stereocenters. The van der Waals surface area contributed by atoms with E-state index in [2.05, 4.69) is 16.6 Å². The minimum atomic E-state index is 0.134. The summed E-state index contributed by atoms with van der Waals surface area (Å²) in [4.78, 5) is 0. The zero-order valence-corrected chi connectivity index (χ0v) is 10.2. The lowest BCUT2D eigenvalue weighted by atomic mass is 9.80. The summed E-state index contributed by atoms with van der Waals surface area (Å²) in [6.07, 6.45) is 8.73. The summed E-state index contributed by atoms with van der Waals surface area (Å²) in [7, 11) is 3.77. The van der Waals surface area contributed by atoms with Crippen LogP contribution in [0.5, 0.6) is 0 Å². The molecule has 0 amide bonds. The van der Waals surface area contributed by atoms with Gasteiger partial charge >= 0.3 is 0 Å². The van der Waals surface area contributed by atoms with Gasteiger partial charge in [0.1, 0.15) is 0 Å². The molecule has 0 bridgehead atoms. The van der Waals surface area contributed by atoms with Gasteiger partial charge in [0.15, 0.2) is 0 Å². The minimum absolute atomic E-state index is 0.134. The number of hydrogen-bond donors (Lipinski definition) is 1. The second-order valence-corrected chi connectivity index (χ2v) is 4.69. The van der Waals surface area contributed by atoms with E-state index >= 15 is 0 Å². The maximum Gasteiger partial charge on any atom is 0.0802 e. The molecule has 0 aromatic carbocycles. The molecule has 4 nitrogen and oxygen atoms in total. The summed E-state index contributed by atoms with van der Waals surface area (Å²) in [6.45, 7) is 1.97. The fraction of sp³-hybridized carbons (Fsp3) is 0.750. The van der Waals surface area contributed by atoms with Gasteiger partial charge in [-0.25, -0.2) is 0 Å². The third kappa shape index (κ3) is 2.62. The Morgan fingerprint density at radius 3 is 2.88 bits per heavy atom. The van der Waals surface area contributed by atoms with E-state index in [1.165, 1.54) is 24.8 Å². The van der Waals surface area contributed by atoms with Gasteiger partial charge in [0.25, 0.3) is 0 Å². The van der Waals surface area contributed by atoms with Crippen molar-refractivity contribution in [2.45, 2.75) is 31.3 Å². The highest BCUT2D eigenvalue weighted by molar-refractivity contribution is 5.04. The van der Waals surface area contributed by atoms with Crippen molar-refractivity contribution in [2.24, 2.45) is 7.05 Å². The van der Waals surface area contributed by atoms with Crippen molar-refractivity contribution in [2.75, 3.05) is 20.2 Å². The van der Waals surface area contributed by atoms with Crippen LogP contribution in [0.15, 0.2) is 12.4 Å². The van der Waals surface area contributed by atoms with Crippen molar-refractivity contribution in [1.29, 1.82) is 0 Å². The highest BCUT2D eigenvalue weighted by atomic mass is 16.5. The van der Waals surface area contributed by atoms with Crippen molar-refractivity contribution in [3.8, 4) is 0 Å². The molecule has 1 heterocycles. The van der Waals surface area contributed by atoms with Gasteiger partial charge in [-0.3, -0.25) is 4.68 Å². The van der Waals surface area contributed by atoms with Crippen LogP contribution in [-0.2, 0) is 18.2 Å². The zero-order chi connectivity index (χ0) is 11.4. The molecule has 90 valence electrons. The van der Waals surface area contributed by atoms with Crippen molar-refractivity contribution in [3.63, 3.8) is 0 Å². The fourth-order valence-electron chi connectivity index (χ4n) is 2.17. The first-order valence-electron chi connectivity index (χ1n) is 5.97. The Kier molecular flexibility index (Phi) is 3.61. The Morgan fingerprint density at radius 2 is 2.38 bits per heavy atom. The van der Waals surface area contributed by atoms with Crippen molar-refractivity contribution in [1.82, 2.24) is 15.1 Å². The number of ether oxygens (including phenoxy) is 1. The maximum absolute atomic E-state index is 5.55. The first-order chi connectivity index (χ1) is 7.74. The number of aryl methyl sites for hydroxylation is 1. The van der Waals surface area contributed by atoms with Gasteiger partial charge < -0.3 is 10.1 Å². The molecule has 1 fully saturated rings. The van der Waals surface area contributed by atoms with Crippen molar-refractivity contribution in [3.05, 3.63) is 18.0 Å². The third-order valence-electron chi connectivity index (χ3n) is 3.49. The van der Waals surface area contributed by atoms with E-state index in [1.807, 2.05) is 25.0 Å². The molecule has 4 heteroatoms. The monoisotopic (exact) mass is 223 g/mol. The minimum Gasteiger partial charge on any atom is -0.377 e. The van der Waals surface area contributed by atoms with E-state index in [4.69, 9.17) is 4.74 Å². The number of aromatic nitrogens is 2. The number of nitrogens with zero attached hydrogens (tertiary/aromatic N) is 2. The van der Waals surface area contributed by atoms with Crippen LogP contribution in [-0.4, -0.2) is 35.6 Å². The molecule has 0 saturated heterocycles. The molecule has 0 radical (unpaired) electrons. The number of nitrogens with one attached hydrogen (secondary N) is 1. The first kappa shape index (κ1) is 11.6. The van der Waals surface area contributed by atoms with Crippen molar-refractivity contribution < 1.29 is 4.74 Å². The van der Waals surface area contributed by atoms with Crippen LogP contribution in [0.25, 0.3) is 0 Å². The summed E-state index contributed by atoms with van der Waals surface area (Å²) in [5.41, 5.74) is 1.42. The van der Waals surface area contributed by atoms with Crippen LogP contribution in [0.2, 0.25) is 0 Å². The number of rotatable bonds is 6. The molecule has 2 rings (SSSR count). The van der Waals surface area contributed by atoms with Crippen molar-refractivity contribution >= 4 is 0 Å². The predicted molar refractivity (Wildman–Crippen MR) is 63.4 cm³/mol. The molecule has 1 N–H and O–H groups in total. The average Bonchev–Trinajstić information content (AvgIpc) is 2.62. The van der Waals surface area contributed by atoms with E-state index in [0.717, 1.165) is 19.5 Å². The molecule has 1 aromatic heterocycles. The van der Waals surface area contributed by atoms with E-state index < -0.39 is 0 Å². The molecule has 0 unspecified atom stereocenters.